The molecule has 42 heavy (non-hydrogen) atoms. The lowest BCUT2D eigenvalue weighted by atomic mass is 9.33. The van der Waals surface area contributed by atoms with Crippen LogP contribution in [0.5, 0.6) is 0 Å². The molecule has 5 fully saturated rings. The van der Waals surface area contributed by atoms with E-state index in [2.05, 4.69) is 74.6 Å². The highest BCUT2D eigenvalue weighted by atomic mass is 31.0. The van der Waals surface area contributed by atoms with Crippen molar-refractivity contribution in [3.05, 3.63) is 35.5 Å². The Morgan fingerprint density at radius 2 is 1.69 bits per heavy atom. The van der Waals surface area contributed by atoms with Crippen LogP contribution in [0, 0.1) is 57.2 Å². The van der Waals surface area contributed by atoms with Crippen molar-refractivity contribution < 1.29 is 9.32 Å². The first-order chi connectivity index (χ1) is 19.8. The Hall–Kier alpha value is -0.920. The lowest BCUT2D eigenvalue weighted by Gasteiger charge is -2.72. The molecule has 1 heterocycles. The molecule has 4 heteroatoms. The monoisotopic (exact) mass is 591 g/mol. The average molecular weight is 592 g/mol. The van der Waals surface area contributed by atoms with E-state index in [1.165, 1.54) is 82.0 Å². The highest BCUT2D eigenvalue weighted by Crippen LogP contribution is 2.77. The fraction of sp³-hybridized carbons (Fsp3) is 0.816. The molecule has 0 spiro atoms. The van der Waals surface area contributed by atoms with Crippen molar-refractivity contribution in [3.63, 3.8) is 0 Å². The van der Waals surface area contributed by atoms with Crippen LogP contribution < -0.4 is 0 Å². The third kappa shape index (κ3) is 3.87. The van der Waals surface area contributed by atoms with Crippen LogP contribution in [0.25, 0.3) is 0 Å². The molecule has 2 unspecified atom stereocenters. The Morgan fingerprint density at radius 1 is 0.929 bits per heavy atom. The largest absolute Gasteiger partial charge is 0.451 e. The summed E-state index contributed by atoms with van der Waals surface area (Å²) in [5, 5.41) is 0. The number of hydrogen-bond acceptors (Lipinski definition) is 3. The summed E-state index contributed by atoms with van der Waals surface area (Å²) in [6.45, 7) is 23.0. The number of carbonyl (C=O) groups is 1. The third-order valence-electron chi connectivity index (χ3n) is 15.9. The van der Waals surface area contributed by atoms with Crippen LogP contribution in [0.1, 0.15) is 119 Å². The Balaban J connectivity index is 1.20. The highest BCUT2D eigenvalue weighted by molar-refractivity contribution is 7.10. The van der Waals surface area contributed by atoms with Crippen LogP contribution in [-0.4, -0.2) is 29.5 Å². The summed E-state index contributed by atoms with van der Waals surface area (Å²) in [6, 6.07) is 0. The molecule has 0 aromatic heterocycles. The van der Waals surface area contributed by atoms with Crippen LogP contribution in [0.2, 0.25) is 0 Å². The van der Waals surface area contributed by atoms with Crippen molar-refractivity contribution in [2.24, 2.45) is 57.2 Å². The molecule has 6 aliphatic carbocycles. The number of carbonyl (C=O) groups excluding carboxylic acids is 1. The predicted molar refractivity (Wildman–Crippen MR) is 176 cm³/mol. The molecule has 1 aliphatic heterocycles. The molecule has 4 saturated carbocycles. The van der Waals surface area contributed by atoms with E-state index >= 15 is 0 Å². The molecule has 0 N–H and O–H groups in total. The lowest BCUT2D eigenvalue weighted by molar-refractivity contribution is -0.224. The molecule has 0 radical (unpaired) electrons. The third-order valence-corrected chi connectivity index (χ3v) is 16.1. The summed E-state index contributed by atoms with van der Waals surface area (Å²) < 4.78 is 4.99. The van der Waals surface area contributed by atoms with Crippen LogP contribution in [-0.2, 0) is 9.32 Å². The van der Waals surface area contributed by atoms with Crippen LogP contribution in [0.4, 0.5) is 0 Å². The maximum absolute atomic E-state index is 12.2. The van der Waals surface area contributed by atoms with Gasteiger partial charge in [0, 0.05) is 18.6 Å². The van der Waals surface area contributed by atoms with E-state index in [1.807, 2.05) is 0 Å². The highest BCUT2D eigenvalue weighted by Gasteiger charge is 2.71. The van der Waals surface area contributed by atoms with Gasteiger partial charge in [0.15, 0.2) is 0 Å². The maximum atomic E-state index is 12.2. The Kier molecular flexibility index (Phi) is 6.94. The zero-order valence-electron chi connectivity index (χ0n) is 27.6. The molecular weight excluding hydrogens is 533 g/mol. The molecule has 7 aliphatic rings. The molecule has 0 amide bonds. The van der Waals surface area contributed by atoms with E-state index in [1.54, 1.807) is 5.57 Å². The maximum Gasteiger partial charge on any atom is 0.311 e. The summed E-state index contributed by atoms with van der Waals surface area (Å²) in [6.07, 6.45) is 20.3. The lowest BCUT2D eigenvalue weighted by Crippen LogP contribution is -2.67. The van der Waals surface area contributed by atoms with Crippen molar-refractivity contribution in [1.82, 2.24) is 4.90 Å². The molecule has 1 saturated heterocycles. The summed E-state index contributed by atoms with van der Waals surface area (Å²) >= 11 is 0. The van der Waals surface area contributed by atoms with Crippen LogP contribution in [0.15, 0.2) is 35.5 Å². The SMILES string of the molecule is C=C(C)[C@@H]1CC[C@]2(N3CC3)CC[C@]3(C)[C@H](CC[C@@H]4[C@@]5(C)CC=C(C6=CCC(C(=O)OP)CC6)C(C)(C)[C@@H]5CC[C@]43C)[C@@H]12. The van der Waals surface area contributed by atoms with Gasteiger partial charge in [-0.1, -0.05) is 58.9 Å². The van der Waals surface area contributed by atoms with E-state index < -0.39 is 0 Å². The average Bonchev–Trinajstić information content (AvgIpc) is 3.73. The topological polar surface area (TPSA) is 29.3 Å². The fourth-order valence-corrected chi connectivity index (χ4v) is 13.9. The van der Waals surface area contributed by atoms with Crippen LogP contribution >= 0.6 is 9.47 Å². The summed E-state index contributed by atoms with van der Waals surface area (Å²) in [5.74, 6) is 3.84. The number of fused-ring (bicyclic) bond motifs is 7. The first-order valence-corrected chi connectivity index (χ1v) is 18.0. The summed E-state index contributed by atoms with van der Waals surface area (Å²) in [7, 11) is 2.14. The first kappa shape index (κ1) is 29.8. The van der Waals surface area contributed by atoms with Crippen molar-refractivity contribution in [3.8, 4) is 0 Å². The molecule has 11 atom stereocenters. The van der Waals surface area contributed by atoms with Crippen LogP contribution in [0.3, 0.4) is 0 Å². The zero-order chi connectivity index (χ0) is 29.9. The van der Waals surface area contributed by atoms with E-state index in [4.69, 9.17) is 4.52 Å². The van der Waals surface area contributed by atoms with Gasteiger partial charge in [-0.15, -0.1) is 0 Å². The zero-order valence-corrected chi connectivity index (χ0v) is 28.7. The van der Waals surface area contributed by atoms with E-state index in [0.717, 1.165) is 42.9 Å². The number of hydrogen-bond donors (Lipinski definition) is 0. The molecule has 7 rings (SSSR count). The molecule has 3 nitrogen and oxygen atoms in total. The van der Waals surface area contributed by atoms with Gasteiger partial charge in [0.2, 0.25) is 0 Å². The Bertz CT molecular complexity index is 1230. The van der Waals surface area contributed by atoms with Gasteiger partial charge >= 0.3 is 5.97 Å². The van der Waals surface area contributed by atoms with Gasteiger partial charge in [-0.2, -0.15) is 0 Å². The van der Waals surface area contributed by atoms with Crippen molar-refractivity contribution in [2.45, 2.75) is 124 Å². The van der Waals surface area contributed by atoms with Gasteiger partial charge in [-0.25, -0.2) is 0 Å². The van der Waals surface area contributed by atoms with Gasteiger partial charge in [0.05, 0.1) is 15.4 Å². The van der Waals surface area contributed by atoms with Crippen molar-refractivity contribution in [2.75, 3.05) is 13.1 Å². The van der Waals surface area contributed by atoms with Gasteiger partial charge in [-0.3, -0.25) is 9.69 Å². The van der Waals surface area contributed by atoms with Gasteiger partial charge < -0.3 is 4.52 Å². The van der Waals surface area contributed by atoms with E-state index in [9.17, 15) is 4.79 Å². The van der Waals surface area contributed by atoms with Gasteiger partial charge in [0.1, 0.15) is 0 Å². The summed E-state index contributed by atoms with van der Waals surface area (Å²) in [5.41, 5.74) is 6.42. The number of allylic oxidation sites excluding steroid dienone is 5. The fourth-order valence-electron chi connectivity index (χ4n) is 13.7. The minimum atomic E-state index is -0.0723. The quantitative estimate of drug-likeness (QED) is 0.185. The molecule has 232 valence electrons. The second kappa shape index (κ2) is 9.79. The predicted octanol–water partition coefficient (Wildman–Crippen LogP) is 9.31. The second-order valence-corrected chi connectivity index (χ2v) is 17.7. The first-order valence-electron chi connectivity index (χ1n) is 17.5. The van der Waals surface area contributed by atoms with Crippen molar-refractivity contribution in [1.29, 1.82) is 0 Å². The molecule has 0 aromatic carbocycles. The van der Waals surface area contributed by atoms with Gasteiger partial charge in [-0.05, 0) is 146 Å². The standard InChI is InChI=1S/C38H58NO2P/c1-24(2)27-14-19-38(39-22-23-39)21-20-36(6)29(32(27)38)12-13-31-35(5)17-15-28(25-8-10-26(11-9-25)33(40)41-42)34(3,4)30(35)16-18-37(31,36)7/h8,15,26-27,29-32H,1,9-14,16-23,42H2,2-7H3/t26?,27-,29+,30-,31+,32+,35-,36+,37+,38-/m0/s1. The molecule has 0 bridgehead atoms. The van der Waals surface area contributed by atoms with E-state index in [0.29, 0.717) is 27.7 Å². The van der Waals surface area contributed by atoms with Crippen molar-refractivity contribution >= 4 is 15.4 Å². The minimum absolute atomic E-state index is 0.0189. The van der Waals surface area contributed by atoms with Gasteiger partial charge in [0.25, 0.3) is 0 Å². The smallest absolute Gasteiger partial charge is 0.311 e. The van der Waals surface area contributed by atoms with E-state index in [-0.39, 0.29) is 17.3 Å². The Morgan fingerprint density at radius 3 is 2.33 bits per heavy atom. The second-order valence-electron chi connectivity index (χ2n) is 17.5. The molecule has 0 aromatic rings. The Labute approximate surface area is 259 Å². The normalized spacial score (nSPS) is 49.4. The number of nitrogens with zero attached hydrogens (tertiary/aromatic N) is 1. The minimum Gasteiger partial charge on any atom is -0.451 e. The molecular formula is C38H58NO2P. The summed E-state index contributed by atoms with van der Waals surface area (Å²) in [4.78, 5) is 15.1. The number of rotatable bonds is 4.